The first-order valence-electron chi connectivity index (χ1n) is 6.85. The summed E-state index contributed by atoms with van der Waals surface area (Å²) in [4.78, 5) is 14.5. The van der Waals surface area contributed by atoms with Gasteiger partial charge in [-0.05, 0) is 37.5 Å². The van der Waals surface area contributed by atoms with Gasteiger partial charge in [-0.25, -0.2) is 0 Å². The van der Waals surface area contributed by atoms with E-state index in [-0.39, 0.29) is 5.91 Å². The molecule has 17 heavy (non-hydrogen) atoms. The van der Waals surface area contributed by atoms with Crippen molar-refractivity contribution >= 4 is 5.91 Å². The third-order valence-corrected chi connectivity index (χ3v) is 4.82. The highest BCUT2D eigenvalue weighted by Gasteiger charge is 2.44. The van der Waals surface area contributed by atoms with Crippen LogP contribution in [0.5, 0.6) is 0 Å². The molecule has 2 N–H and O–H groups in total. The van der Waals surface area contributed by atoms with Crippen molar-refractivity contribution in [3.8, 4) is 0 Å². The van der Waals surface area contributed by atoms with E-state index >= 15 is 0 Å². The second-order valence-corrected chi connectivity index (χ2v) is 5.93. The van der Waals surface area contributed by atoms with Gasteiger partial charge >= 0.3 is 0 Å². The van der Waals surface area contributed by atoms with E-state index in [1.807, 2.05) is 4.90 Å². The average Bonchev–Trinajstić information content (AvgIpc) is 2.89. The molecule has 96 valence electrons. The molecule has 0 aromatic heterocycles. The van der Waals surface area contributed by atoms with Gasteiger partial charge in [0.1, 0.15) is 0 Å². The molecule has 0 aromatic rings. The summed E-state index contributed by atoms with van der Waals surface area (Å²) in [5.41, 5.74) is 5.62. The number of hydrogen-bond donors (Lipinski definition) is 1. The monoisotopic (exact) mass is 238 g/mol. The topological polar surface area (TPSA) is 55.6 Å². The molecular formula is C13H22N2O2. The van der Waals surface area contributed by atoms with Crippen LogP contribution in [-0.2, 0) is 9.53 Å². The first-order valence-corrected chi connectivity index (χ1v) is 6.85. The smallest absolute Gasteiger partial charge is 0.242 e. The summed E-state index contributed by atoms with van der Waals surface area (Å²) in [6.45, 7) is 3.15. The maximum atomic E-state index is 12.5. The molecule has 2 unspecified atom stereocenters. The Labute approximate surface area is 102 Å². The number of nitrogens with zero attached hydrogens (tertiary/aromatic N) is 1. The summed E-state index contributed by atoms with van der Waals surface area (Å²) in [6.07, 6.45) is 5.30. The number of carbonyl (C=O) groups excluding carboxylic acids is 1. The van der Waals surface area contributed by atoms with Gasteiger partial charge in [-0.2, -0.15) is 0 Å². The molecule has 0 bridgehead atoms. The number of nitrogens with two attached hydrogens (primary N) is 1. The van der Waals surface area contributed by atoms with Gasteiger partial charge in [-0.3, -0.25) is 4.79 Å². The van der Waals surface area contributed by atoms with Crippen molar-refractivity contribution in [3.05, 3.63) is 0 Å². The van der Waals surface area contributed by atoms with Gasteiger partial charge in [0.05, 0.1) is 5.54 Å². The van der Waals surface area contributed by atoms with Gasteiger partial charge in [0, 0.05) is 26.3 Å². The number of carbonyl (C=O) groups is 1. The molecule has 2 atom stereocenters. The SMILES string of the molecule is NC1(C(=O)N2CC3CCCC3C2)CCOCC1. The Hall–Kier alpha value is -0.610. The zero-order chi connectivity index (χ0) is 11.9. The lowest BCUT2D eigenvalue weighted by Gasteiger charge is -2.35. The molecule has 0 spiro atoms. The predicted molar refractivity (Wildman–Crippen MR) is 64.4 cm³/mol. The first kappa shape index (κ1) is 11.5. The van der Waals surface area contributed by atoms with Gasteiger partial charge in [-0.1, -0.05) is 6.42 Å². The molecule has 2 heterocycles. The van der Waals surface area contributed by atoms with Crippen LogP contribution in [0.2, 0.25) is 0 Å². The largest absolute Gasteiger partial charge is 0.381 e. The molecule has 3 aliphatic rings. The molecule has 1 saturated carbocycles. The molecular weight excluding hydrogens is 216 g/mol. The number of likely N-dealkylation sites (tertiary alicyclic amines) is 1. The van der Waals surface area contributed by atoms with E-state index in [0.717, 1.165) is 24.9 Å². The minimum absolute atomic E-state index is 0.176. The fourth-order valence-corrected chi connectivity index (χ4v) is 3.67. The van der Waals surface area contributed by atoms with Crippen LogP contribution >= 0.6 is 0 Å². The van der Waals surface area contributed by atoms with Crippen LogP contribution in [0.3, 0.4) is 0 Å². The highest BCUT2D eigenvalue weighted by Crippen LogP contribution is 2.38. The Morgan fingerprint density at radius 3 is 2.35 bits per heavy atom. The van der Waals surface area contributed by atoms with E-state index < -0.39 is 5.54 Å². The number of rotatable bonds is 1. The van der Waals surface area contributed by atoms with E-state index in [0.29, 0.717) is 26.1 Å². The van der Waals surface area contributed by atoms with Crippen LogP contribution in [0, 0.1) is 11.8 Å². The Kier molecular flexibility index (Phi) is 2.87. The highest BCUT2D eigenvalue weighted by molar-refractivity contribution is 5.86. The fraction of sp³-hybridized carbons (Fsp3) is 0.923. The Bertz CT molecular complexity index is 301. The molecule has 2 saturated heterocycles. The summed E-state index contributed by atoms with van der Waals surface area (Å²) in [5.74, 6) is 1.68. The van der Waals surface area contributed by atoms with E-state index in [4.69, 9.17) is 10.5 Å². The van der Waals surface area contributed by atoms with Crippen molar-refractivity contribution in [1.82, 2.24) is 4.90 Å². The number of amides is 1. The lowest BCUT2D eigenvalue weighted by molar-refractivity contribution is -0.139. The zero-order valence-electron chi connectivity index (χ0n) is 10.4. The standard InChI is InChI=1S/C13H22N2O2/c14-13(4-6-17-7-5-13)12(16)15-8-10-2-1-3-11(10)9-15/h10-11H,1-9,14H2. The molecule has 4 heteroatoms. The normalized spacial score (nSPS) is 35.9. The quantitative estimate of drug-likeness (QED) is 0.733. The van der Waals surface area contributed by atoms with E-state index in [2.05, 4.69) is 0 Å². The van der Waals surface area contributed by atoms with E-state index in [1.54, 1.807) is 0 Å². The van der Waals surface area contributed by atoms with Gasteiger partial charge in [0.15, 0.2) is 0 Å². The molecule has 1 amide bonds. The van der Waals surface area contributed by atoms with Crippen molar-refractivity contribution in [3.63, 3.8) is 0 Å². The Balaban J connectivity index is 1.66. The predicted octanol–water partition coefficient (Wildman–Crippen LogP) is 0.753. The maximum absolute atomic E-state index is 12.5. The van der Waals surface area contributed by atoms with Crippen LogP contribution in [-0.4, -0.2) is 42.6 Å². The first-order chi connectivity index (χ1) is 8.19. The third kappa shape index (κ3) is 1.97. The second kappa shape index (κ2) is 4.25. The number of ether oxygens (including phenoxy) is 1. The van der Waals surface area contributed by atoms with Gasteiger partial charge in [-0.15, -0.1) is 0 Å². The van der Waals surface area contributed by atoms with Gasteiger partial charge < -0.3 is 15.4 Å². The van der Waals surface area contributed by atoms with Crippen LogP contribution < -0.4 is 5.73 Å². The average molecular weight is 238 g/mol. The lowest BCUT2D eigenvalue weighted by Crippen LogP contribution is -2.57. The minimum Gasteiger partial charge on any atom is -0.381 e. The van der Waals surface area contributed by atoms with Crippen molar-refractivity contribution in [2.45, 2.75) is 37.6 Å². The summed E-state index contributed by atoms with van der Waals surface area (Å²) in [7, 11) is 0. The van der Waals surface area contributed by atoms with Crippen molar-refractivity contribution in [2.75, 3.05) is 26.3 Å². The zero-order valence-corrected chi connectivity index (χ0v) is 10.4. The minimum atomic E-state index is -0.642. The third-order valence-electron chi connectivity index (χ3n) is 4.82. The van der Waals surface area contributed by atoms with Gasteiger partial charge in [0.25, 0.3) is 0 Å². The second-order valence-electron chi connectivity index (χ2n) is 5.93. The van der Waals surface area contributed by atoms with Crippen molar-refractivity contribution < 1.29 is 9.53 Å². The lowest BCUT2D eigenvalue weighted by atomic mass is 9.90. The van der Waals surface area contributed by atoms with Crippen molar-refractivity contribution in [2.24, 2.45) is 17.6 Å². The summed E-state index contributed by atoms with van der Waals surface area (Å²) in [5, 5.41) is 0. The Morgan fingerprint density at radius 1 is 1.18 bits per heavy atom. The molecule has 3 fully saturated rings. The summed E-state index contributed by atoms with van der Waals surface area (Å²) in [6, 6.07) is 0. The molecule has 1 aliphatic carbocycles. The highest BCUT2D eigenvalue weighted by atomic mass is 16.5. The molecule has 0 radical (unpaired) electrons. The fourth-order valence-electron chi connectivity index (χ4n) is 3.67. The van der Waals surface area contributed by atoms with Crippen LogP contribution in [0.1, 0.15) is 32.1 Å². The maximum Gasteiger partial charge on any atom is 0.242 e. The van der Waals surface area contributed by atoms with E-state index in [9.17, 15) is 4.79 Å². The van der Waals surface area contributed by atoms with Crippen molar-refractivity contribution in [1.29, 1.82) is 0 Å². The number of hydrogen-bond acceptors (Lipinski definition) is 3. The number of fused-ring (bicyclic) bond motifs is 1. The van der Waals surface area contributed by atoms with Crippen LogP contribution in [0.4, 0.5) is 0 Å². The van der Waals surface area contributed by atoms with Gasteiger partial charge in [0.2, 0.25) is 5.91 Å². The summed E-state index contributed by atoms with van der Waals surface area (Å²) < 4.78 is 5.30. The molecule has 3 rings (SSSR count). The van der Waals surface area contributed by atoms with Crippen LogP contribution in [0.15, 0.2) is 0 Å². The molecule has 4 nitrogen and oxygen atoms in total. The molecule has 0 aromatic carbocycles. The van der Waals surface area contributed by atoms with E-state index in [1.165, 1.54) is 19.3 Å². The summed E-state index contributed by atoms with van der Waals surface area (Å²) >= 11 is 0. The molecule has 2 aliphatic heterocycles. The van der Waals surface area contributed by atoms with Crippen LogP contribution in [0.25, 0.3) is 0 Å². The Morgan fingerprint density at radius 2 is 1.76 bits per heavy atom.